The van der Waals surface area contributed by atoms with E-state index in [2.05, 4.69) is 9.71 Å². The Bertz CT molecular complexity index is 836. The van der Waals surface area contributed by atoms with Crippen LogP contribution in [0.25, 0.3) is 10.9 Å². The number of hydrogen-bond acceptors (Lipinski definition) is 3. The zero-order valence-corrected chi connectivity index (χ0v) is 11.9. The molecule has 0 aliphatic rings. The lowest BCUT2D eigenvalue weighted by atomic mass is 10.2. The predicted octanol–water partition coefficient (Wildman–Crippen LogP) is 3.68. The molecule has 0 spiro atoms. The van der Waals surface area contributed by atoms with Crippen molar-refractivity contribution >= 4 is 49.6 Å². The van der Waals surface area contributed by atoms with Gasteiger partial charge in [0.2, 0.25) is 0 Å². The van der Waals surface area contributed by atoms with Crippen molar-refractivity contribution in [1.82, 2.24) is 4.98 Å². The van der Waals surface area contributed by atoms with E-state index in [9.17, 15) is 8.42 Å². The van der Waals surface area contributed by atoms with Crippen LogP contribution >= 0.6 is 22.9 Å². The van der Waals surface area contributed by atoms with Crippen molar-refractivity contribution in [3.8, 4) is 0 Å². The van der Waals surface area contributed by atoms with Crippen molar-refractivity contribution < 1.29 is 8.42 Å². The summed E-state index contributed by atoms with van der Waals surface area (Å²) in [4.78, 5) is 3.04. The third-order valence-electron chi connectivity index (χ3n) is 2.62. The SMILES string of the molecule is O=S(=O)(Nc1ccc2cc[nH]c2c1)c1ccc(Cl)s1. The van der Waals surface area contributed by atoms with Gasteiger partial charge in [-0.2, -0.15) is 0 Å². The minimum Gasteiger partial charge on any atom is -0.361 e. The number of sulfonamides is 1. The molecular weight excluding hydrogens is 304 g/mol. The highest BCUT2D eigenvalue weighted by molar-refractivity contribution is 7.94. The van der Waals surface area contributed by atoms with Crippen molar-refractivity contribution in [3.05, 3.63) is 46.9 Å². The first kappa shape index (κ1) is 12.5. The van der Waals surface area contributed by atoms with Crippen LogP contribution in [0, 0.1) is 0 Å². The van der Waals surface area contributed by atoms with Gasteiger partial charge in [0, 0.05) is 11.7 Å². The van der Waals surface area contributed by atoms with Gasteiger partial charge in [-0.15, -0.1) is 11.3 Å². The first-order valence-corrected chi connectivity index (χ1v) is 8.08. The Morgan fingerprint density at radius 3 is 2.74 bits per heavy atom. The van der Waals surface area contributed by atoms with Crippen LogP contribution in [0.2, 0.25) is 4.34 Å². The maximum Gasteiger partial charge on any atom is 0.271 e. The van der Waals surface area contributed by atoms with Crippen molar-refractivity contribution in [2.24, 2.45) is 0 Å². The predicted molar refractivity (Wildman–Crippen MR) is 78.4 cm³/mol. The number of aromatic nitrogens is 1. The molecule has 0 saturated heterocycles. The third kappa shape index (κ3) is 2.47. The monoisotopic (exact) mass is 312 g/mol. The summed E-state index contributed by atoms with van der Waals surface area (Å²) in [6.07, 6.45) is 1.81. The summed E-state index contributed by atoms with van der Waals surface area (Å²) in [6.45, 7) is 0. The molecule has 2 aromatic heterocycles. The van der Waals surface area contributed by atoms with Crippen molar-refractivity contribution in [3.63, 3.8) is 0 Å². The van der Waals surface area contributed by atoms with E-state index < -0.39 is 10.0 Å². The lowest BCUT2D eigenvalue weighted by Crippen LogP contribution is -2.11. The maximum absolute atomic E-state index is 12.1. The molecule has 2 heterocycles. The molecule has 0 aliphatic heterocycles. The van der Waals surface area contributed by atoms with Crippen LogP contribution in [0.15, 0.2) is 46.8 Å². The molecule has 0 atom stereocenters. The van der Waals surface area contributed by atoms with Gasteiger partial charge in [-0.3, -0.25) is 4.72 Å². The summed E-state index contributed by atoms with van der Waals surface area (Å²) < 4.78 is 27.4. The van der Waals surface area contributed by atoms with E-state index in [0.29, 0.717) is 10.0 Å². The van der Waals surface area contributed by atoms with E-state index in [4.69, 9.17) is 11.6 Å². The van der Waals surface area contributed by atoms with Crippen LogP contribution in [-0.4, -0.2) is 13.4 Å². The minimum atomic E-state index is -3.57. The molecule has 2 N–H and O–H groups in total. The number of rotatable bonds is 3. The zero-order chi connectivity index (χ0) is 13.5. The van der Waals surface area contributed by atoms with Gasteiger partial charge in [-0.1, -0.05) is 17.7 Å². The van der Waals surface area contributed by atoms with Gasteiger partial charge in [0.15, 0.2) is 0 Å². The number of aromatic amines is 1. The third-order valence-corrected chi connectivity index (χ3v) is 5.72. The summed E-state index contributed by atoms with van der Waals surface area (Å²) in [6, 6.07) is 10.3. The van der Waals surface area contributed by atoms with Crippen LogP contribution in [0.1, 0.15) is 0 Å². The standard InChI is InChI=1S/C12H9ClN2O2S2/c13-11-3-4-12(18-11)19(16,17)15-9-2-1-8-5-6-14-10(8)7-9/h1-7,14-15H. The molecule has 98 valence electrons. The molecule has 0 bridgehead atoms. The van der Waals surface area contributed by atoms with Crippen molar-refractivity contribution in [1.29, 1.82) is 0 Å². The van der Waals surface area contributed by atoms with Gasteiger partial charge in [-0.25, -0.2) is 8.42 Å². The Morgan fingerprint density at radius 1 is 1.16 bits per heavy atom. The van der Waals surface area contributed by atoms with E-state index in [1.807, 2.05) is 18.3 Å². The van der Waals surface area contributed by atoms with Crippen LogP contribution < -0.4 is 4.72 Å². The maximum atomic E-state index is 12.1. The molecular formula is C12H9ClN2O2S2. The van der Waals surface area contributed by atoms with Gasteiger partial charge < -0.3 is 4.98 Å². The van der Waals surface area contributed by atoms with E-state index in [0.717, 1.165) is 22.2 Å². The molecule has 3 aromatic rings. The Kier molecular flexibility index (Phi) is 3.00. The summed E-state index contributed by atoms with van der Waals surface area (Å²) in [5, 5.41) is 1.03. The largest absolute Gasteiger partial charge is 0.361 e. The molecule has 1 aromatic carbocycles. The Balaban J connectivity index is 1.95. The van der Waals surface area contributed by atoms with Gasteiger partial charge in [0.1, 0.15) is 4.21 Å². The van der Waals surface area contributed by atoms with E-state index in [1.54, 1.807) is 18.2 Å². The second kappa shape index (κ2) is 4.56. The number of fused-ring (bicyclic) bond motifs is 1. The minimum absolute atomic E-state index is 0.198. The van der Waals surface area contributed by atoms with Crippen molar-refractivity contribution in [2.45, 2.75) is 4.21 Å². The lowest BCUT2D eigenvalue weighted by molar-refractivity contribution is 0.603. The first-order valence-electron chi connectivity index (χ1n) is 5.40. The second-order valence-electron chi connectivity index (χ2n) is 3.94. The number of halogens is 1. The number of H-pyrrole nitrogens is 1. The lowest BCUT2D eigenvalue weighted by Gasteiger charge is -2.06. The number of benzene rings is 1. The molecule has 0 saturated carbocycles. The van der Waals surface area contributed by atoms with Gasteiger partial charge >= 0.3 is 0 Å². The number of nitrogens with one attached hydrogen (secondary N) is 2. The van der Waals surface area contributed by atoms with E-state index in [-0.39, 0.29) is 4.21 Å². The molecule has 19 heavy (non-hydrogen) atoms. The fourth-order valence-corrected chi connectivity index (χ4v) is 4.29. The van der Waals surface area contributed by atoms with Crippen molar-refractivity contribution in [2.75, 3.05) is 4.72 Å². The zero-order valence-electron chi connectivity index (χ0n) is 9.55. The summed E-state index contributed by atoms with van der Waals surface area (Å²) in [7, 11) is -3.57. The van der Waals surface area contributed by atoms with Gasteiger partial charge in [-0.05, 0) is 35.7 Å². The molecule has 0 radical (unpaired) electrons. The van der Waals surface area contributed by atoms with Gasteiger partial charge in [0.05, 0.1) is 10.0 Å². The summed E-state index contributed by atoms with van der Waals surface area (Å²) in [5.41, 5.74) is 1.39. The number of hydrogen-bond donors (Lipinski definition) is 2. The highest BCUT2D eigenvalue weighted by Crippen LogP contribution is 2.27. The molecule has 0 fully saturated rings. The summed E-state index contributed by atoms with van der Waals surface area (Å²) >= 11 is 6.78. The van der Waals surface area contributed by atoms with Crippen LogP contribution in [-0.2, 0) is 10.0 Å². The number of thiophene rings is 1. The number of anilines is 1. The molecule has 0 amide bonds. The topological polar surface area (TPSA) is 62.0 Å². The van der Waals surface area contributed by atoms with E-state index in [1.165, 1.54) is 6.07 Å². The molecule has 0 unspecified atom stereocenters. The molecule has 4 nitrogen and oxygen atoms in total. The van der Waals surface area contributed by atoms with E-state index >= 15 is 0 Å². The Hall–Kier alpha value is -1.50. The fourth-order valence-electron chi connectivity index (χ4n) is 1.76. The molecule has 3 rings (SSSR count). The fraction of sp³-hybridized carbons (Fsp3) is 0. The van der Waals surface area contributed by atoms with Crippen LogP contribution in [0.4, 0.5) is 5.69 Å². The summed E-state index contributed by atoms with van der Waals surface area (Å²) in [5.74, 6) is 0. The quantitative estimate of drug-likeness (QED) is 0.775. The normalized spacial score (nSPS) is 11.8. The highest BCUT2D eigenvalue weighted by atomic mass is 35.5. The average Bonchev–Trinajstić information content (AvgIpc) is 2.96. The second-order valence-corrected chi connectivity index (χ2v) is 7.57. The van der Waals surface area contributed by atoms with Gasteiger partial charge in [0.25, 0.3) is 10.0 Å². The first-order chi connectivity index (χ1) is 9.04. The van der Waals surface area contributed by atoms with Crippen LogP contribution in [0.5, 0.6) is 0 Å². The highest BCUT2D eigenvalue weighted by Gasteiger charge is 2.16. The van der Waals surface area contributed by atoms with Crippen LogP contribution in [0.3, 0.4) is 0 Å². The smallest absolute Gasteiger partial charge is 0.271 e. The Labute approximate surface area is 119 Å². The molecule has 7 heteroatoms. The average molecular weight is 313 g/mol. The molecule has 0 aliphatic carbocycles. The Morgan fingerprint density at radius 2 is 2.00 bits per heavy atom.